The molecule has 0 aromatic heterocycles. The zero-order valence-corrected chi connectivity index (χ0v) is 16.2. The monoisotopic (exact) mass is 381 g/mol. The fourth-order valence-corrected chi connectivity index (χ4v) is 3.86. The van der Waals surface area contributed by atoms with Gasteiger partial charge in [0.15, 0.2) is 12.9 Å². The first kappa shape index (κ1) is 18.9. The Kier molecular flexibility index (Phi) is 5.90. The third kappa shape index (κ3) is 4.19. The van der Waals surface area contributed by atoms with E-state index in [1.807, 2.05) is 30.3 Å². The molecule has 0 bridgehead atoms. The number of hydrogen-bond acceptors (Lipinski definition) is 5. The van der Waals surface area contributed by atoms with Gasteiger partial charge in [-0.25, -0.2) is 0 Å². The van der Waals surface area contributed by atoms with Crippen LogP contribution in [0.25, 0.3) is 0 Å². The maximum absolute atomic E-state index is 12.9. The molecule has 0 aliphatic carbocycles. The number of benzene rings is 2. The van der Waals surface area contributed by atoms with Crippen molar-refractivity contribution in [3.05, 3.63) is 65.7 Å². The van der Waals surface area contributed by atoms with E-state index >= 15 is 0 Å². The quantitative estimate of drug-likeness (QED) is 0.861. The summed E-state index contributed by atoms with van der Waals surface area (Å²) >= 11 is 0. The molecule has 0 saturated carbocycles. The van der Waals surface area contributed by atoms with E-state index in [-0.39, 0.29) is 18.7 Å². The molecule has 2 heterocycles. The van der Waals surface area contributed by atoms with Gasteiger partial charge in [0.2, 0.25) is 0 Å². The van der Waals surface area contributed by atoms with Crippen LogP contribution in [0.3, 0.4) is 0 Å². The molecule has 1 saturated heterocycles. The minimum Gasteiger partial charge on any atom is -0.467 e. The van der Waals surface area contributed by atoms with Crippen molar-refractivity contribution < 1.29 is 14.3 Å². The maximum Gasteiger partial charge on any atom is 0.254 e. The molecule has 1 amide bonds. The first-order valence-corrected chi connectivity index (χ1v) is 9.81. The number of piperazine rings is 1. The van der Waals surface area contributed by atoms with Gasteiger partial charge in [0.05, 0.1) is 6.04 Å². The number of amides is 1. The first-order chi connectivity index (χ1) is 13.7. The SMILES string of the molecule is CN1CCN([C@H](CNC(=O)[C@H]2OCOc3ccccc32)c2ccccc2)CC1. The van der Waals surface area contributed by atoms with Crippen LogP contribution in [0.4, 0.5) is 0 Å². The maximum atomic E-state index is 12.9. The van der Waals surface area contributed by atoms with Gasteiger partial charge in [0.1, 0.15) is 5.75 Å². The van der Waals surface area contributed by atoms with Crippen molar-refractivity contribution in [3.63, 3.8) is 0 Å². The molecule has 1 fully saturated rings. The van der Waals surface area contributed by atoms with E-state index in [0.717, 1.165) is 31.7 Å². The Morgan fingerprint density at radius 1 is 1.07 bits per heavy atom. The lowest BCUT2D eigenvalue weighted by Gasteiger charge is -2.38. The Labute approximate surface area is 166 Å². The second-order valence-corrected chi connectivity index (χ2v) is 7.36. The molecule has 4 rings (SSSR count). The lowest BCUT2D eigenvalue weighted by Crippen LogP contribution is -2.49. The summed E-state index contributed by atoms with van der Waals surface area (Å²) in [5.74, 6) is 0.596. The Hall–Kier alpha value is -2.41. The zero-order valence-electron chi connectivity index (χ0n) is 16.2. The molecule has 6 heteroatoms. The normalized spacial score (nSPS) is 21.4. The highest BCUT2D eigenvalue weighted by atomic mass is 16.7. The highest BCUT2D eigenvalue weighted by Crippen LogP contribution is 2.32. The molecule has 2 aromatic carbocycles. The number of rotatable bonds is 5. The summed E-state index contributed by atoms with van der Waals surface area (Å²) in [5.41, 5.74) is 2.00. The number of likely N-dealkylation sites (N-methyl/N-ethyl adjacent to an activating group) is 1. The number of carbonyl (C=O) groups excluding carboxylic acids is 1. The fourth-order valence-electron chi connectivity index (χ4n) is 3.86. The third-order valence-electron chi connectivity index (χ3n) is 5.52. The van der Waals surface area contributed by atoms with Crippen LogP contribution in [-0.4, -0.2) is 62.3 Å². The van der Waals surface area contributed by atoms with E-state index in [0.29, 0.717) is 12.3 Å². The first-order valence-electron chi connectivity index (χ1n) is 9.81. The Bertz CT molecular complexity index is 791. The Morgan fingerprint density at radius 3 is 2.57 bits per heavy atom. The minimum absolute atomic E-state index is 0.0929. The molecule has 148 valence electrons. The van der Waals surface area contributed by atoms with Crippen LogP contribution in [0.2, 0.25) is 0 Å². The van der Waals surface area contributed by atoms with Gasteiger partial charge in [0, 0.05) is 38.3 Å². The fraction of sp³-hybridized carbons (Fsp3) is 0.409. The number of hydrogen-bond donors (Lipinski definition) is 1. The van der Waals surface area contributed by atoms with Gasteiger partial charge in [-0.2, -0.15) is 0 Å². The van der Waals surface area contributed by atoms with Gasteiger partial charge >= 0.3 is 0 Å². The van der Waals surface area contributed by atoms with Gasteiger partial charge in [-0.1, -0.05) is 48.5 Å². The van der Waals surface area contributed by atoms with E-state index in [9.17, 15) is 4.79 Å². The van der Waals surface area contributed by atoms with Crippen molar-refractivity contribution in [2.75, 3.05) is 46.6 Å². The molecule has 2 aliphatic heterocycles. The summed E-state index contributed by atoms with van der Waals surface area (Å²) < 4.78 is 11.1. The molecule has 2 aliphatic rings. The summed E-state index contributed by atoms with van der Waals surface area (Å²) in [7, 11) is 2.15. The molecular formula is C22H27N3O3. The standard InChI is InChI=1S/C22H27N3O3/c1-24-11-13-25(14-12-24)19(17-7-3-2-4-8-17)15-23-22(26)21-18-9-5-6-10-20(18)27-16-28-21/h2-10,19,21H,11-16H2,1H3,(H,23,26)/t19-,21+/m1/s1. The Morgan fingerprint density at radius 2 is 1.79 bits per heavy atom. The molecule has 0 spiro atoms. The van der Waals surface area contributed by atoms with Crippen LogP contribution < -0.4 is 10.1 Å². The van der Waals surface area contributed by atoms with Crippen LogP contribution in [0.1, 0.15) is 23.3 Å². The lowest BCUT2D eigenvalue weighted by atomic mass is 10.0. The summed E-state index contributed by atoms with van der Waals surface area (Å²) in [4.78, 5) is 17.7. The van der Waals surface area contributed by atoms with Crippen molar-refractivity contribution >= 4 is 5.91 Å². The number of para-hydroxylation sites is 1. The van der Waals surface area contributed by atoms with Crippen molar-refractivity contribution in [2.24, 2.45) is 0 Å². The summed E-state index contributed by atoms with van der Waals surface area (Å²) in [6, 6.07) is 18.1. The van der Waals surface area contributed by atoms with Crippen LogP contribution >= 0.6 is 0 Å². The van der Waals surface area contributed by atoms with Gasteiger partial charge < -0.3 is 19.7 Å². The van der Waals surface area contributed by atoms with Crippen LogP contribution in [-0.2, 0) is 9.53 Å². The number of nitrogens with zero attached hydrogens (tertiary/aromatic N) is 2. The molecule has 6 nitrogen and oxygen atoms in total. The molecule has 0 unspecified atom stereocenters. The number of carbonyl (C=O) groups is 1. The summed E-state index contributed by atoms with van der Waals surface area (Å²) in [5, 5.41) is 3.13. The van der Waals surface area contributed by atoms with E-state index in [1.165, 1.54) is 5.56 Å². The highest BCUT2D eigenvalue weighted by molar-refractivity contribution is 5.83. The smallest absolute Gasteiger partial charge is 0.254 e. The largest absolute Gasteiger partial charge is 0.467 e. The molecule has 28 heavy (non-hydrogen) atoms. The van der Waals surface area contributed by atoms with Gasteiger partial charge in [-0.15, -0.1) is 0 Å². The average molecular weight is 381 g/mol. The van der Waals surface area contributed by atoms with E-state index in [4.69, 9.17) is 9.47 Å². The van der Waals surface area contributed by atoms with E-state index in [2.05, 4.69) is 46.4 Å². The second-order valence-electron chi connectivity index (χ2n) is 7.36. The second kappa shape index (κ2) is 8.73. The van der Waals surface area contributed by atoms with Crippen molar-refractivity contribution in [3.8, 4) is 5.75 Å². The molecule has 2 aromatic rings. The molecular weight excluding hydrogens is 354 g/mol. The molecule has 1 N–H and O–H groups in total. The predicted molar refractivity (Wildman–Crippen MR) is 107 cm³/mol. The summed E-state index contributed by atoms with van der Waals surface area (Å²) in [6.45, 7) is 4.69. The predicted octanol–water partition coefficient (Wildman–Crippen LogP) is 2.20. The lowest BCUT2D eigenvalue weighted by molar-refractivity contribution is -0.142. The summed E-state index contributed by atoms with van der Waals surface area (Å²) in [6.07, 6.45) is -0.631. The topological polar surface area (TPSA) is 54.0 Å². The van der Waals surface area contributed by atoms with Crippen molar-refractivity contribution in [1.82, 2.24) is 15.1 Å². The van der Waals surface area contributed by atoms with Crippen molar-refractivity contribution in [2.45, 2.75) is 12.1 Å². The van der Waals surface area contributed by atoms with Crippen LogP contribution in [0.5, 0.6) is 5.75 Å². The third-order valence-corrected chi connectivity index (χ3v) is 5.52. The average Bonchev–Trinajstić information content (AvgIpc) is 2.75. The number of ether oxygens (including phenoxy) is 2. The van der Waals surface area contributed by atoms with E-state index in [1.54, 1.807) is 0 Å². The van der Waals surface area contributed by atoms with Crippen molar-refractivity contribution in [1.29, 1.82) is 0 Å². The number of nitrogens with one attached hydrogen (secondary N) is 1. The van der Waals surface area contributed by atoms with Gasteiger partial charge in [-0.3, -0.25) is 9.69 Å². The zero-order chi connectivity index (χ0) is 19.3. The Balaban J connectivity index is 1.46. The van der Waals surface area contributed by atoms with E-state index < -0.39 is 6.10 Å². The molecule has 2 atom stereocenters. The molecule has 0 radical (unpaired) electrons. The van der Waals surface area contributed by atoms with Gasteiger partial charge in [-0.05, 0) is 18.7 Å². The minimum atomic E-state index is -0.631. The van der Waals surface area contributed by atoms with Gasteiger partial charge in [0.25, 0.3) is 5.91 Å². The number of fused-ring (bicyclic) bond motifs is 1. The van der Waals surface area contributed by atoms with Crippen LogP contribution in [0.15, 0.2) is 54.6 Å². The highest BCUT2D eigenvalue weighted by Gasteiger charge is 2.30. The van der Waals surface area contributed by atoms with Crippen LogP contribution in [0, 0.1) is 0 Å².